The minimum Gasteiger partial charge on any atom is -0.329 e. The number of hydrogen-bond donors (Lipinski definition) is 1. The monoisotopic (exact) mass is 296 g/mol. The van der Waals surface area contributed by atoms with Crippen molar-refractivity contribution in [3.63, 3.8) is 0 Å². The number of halogens is 1. The molecular formula is C12H25ClN2O2S. The summed E-state index contributed by atoms with van der Waals surface area (Å²) < 4.78 is 25.9. The Balaban J connectivity index is 0.00000162. The smallest absolute Gasteiger partial charge is 0.214 e. The standard InChI is InChI=1S/C12H24N2O2S.ClH/c1-14(12(9-13)11-5-6-11)17(15,16)8-7-10-3-2-4-10;/h10-12H,2-9,13H2,1H3;1H. The van der Waals surface area contributed by atoms with Gasteiger partial charge in [0.1, 0.15) is 0 Å². The molecule has 0 amide bonds. The molecule has 0 aromatic heterocycles. The van der Waals surface area contributed by atoms with Crippen molar-refractivity contribution < 1.29 is 8.42 Å². The summed E-state index contributed by atoms with van der Waals surface area (Å²) in [4.78, 5) is 0. The Morgan fingerprint density at radius 3 is 2.28 bits per heavy atom. The average Bonchev–Trinajstić information content (AvgIpc) is 3.00. The molecule has 0 aliphatic heterocycles. The predicted octanol–water partition coefficient (Wildman–Crippen LogP) is 1.60. The van der Waals surface area contributed by atoms with Crippen LogP contribution in [0.2, 0.25) is 0 Å². The Kier molecular flexibility index (Phi) is 5.90. The lowest BCUT2D eigenvalue weighted by atomic mass is 9.84. The van der Waals surface area contributed by atoms with E-state index in [-0.39, 0.29) is 18.4 Å². The van der Waals surface area contributed by atoms with Crippen molar-refractivity contribution in [3.8, 4) is 0 Å². The quantitative estimate of drug-likeness (QED) is 0.776. The van der Waals surface area contributed by atoms with Crippen LogP contribution in [-0.4, -0.2) is 38.1 Å². The van der Waals surface area contributed by atoms with Gasteiger partial charge in [-0.05, 0) is 31.1 Å². The van der Waals surface area contributed by atoms with Crippen molar-refractivity contribution in [2.24, 2.45) is 17.6 Å². The van der Waals surface area contributed by atoms with Gasteiger partial charge in [-0.1, -0.05) is 19.3 Å². The molecule has 2 fully saturated rings. The summed E-state index contributed by atoms with van der Waals surface area (Å²) in [7, 11) is -1.39. The van der Waals surface area contributed by atoms with Gasteiger partial charge >= 0.3 is 0 Å². The summed E-state index contributed by atoms with van der Waals surface area (Å²) in [6, 6.07) is 0.0291. The molecule has 0 saturated heterocycles. The van der Waals surface area contributed by atoms with Crippen LogP contribution in [0, 0.1) is 11.8 Å². The summed E-state index contributed by atoms with van der Waals surface area (Å²) >= 11 is 0. The van der Waals surface area contributed by atoms with E-state index < -0.39 is 10.0 Å². The summed E-state index contributed by atoms with van der Waals surface area (Å²) in [5, 5.41) is 0. The Bertz CT molecular complexity index is 353. The van der Waals surface area contributed by atoms with Crippen LogP contribution in [0.3, 0.4) is 0 Å². The molecule has 0 bridgehead atoms. The second kappa shape index (κ2) is 6.55. The van der Waals surface area contributed by atoms with Gasteiger partial charge in [-0.15, -0.1) is 12.4 Å². The van der Waals surface area contributed by atoms with Crippen LogP contribution in [0.5, 0.6) is 0 Å². The van der Waals surface area contributed by atoms with Crippen LogP contribution in [-0.2, 0) is 10.0 Å². The number of rotatable bonds is 7. The fourth-order valence-electron chi connectivity index (χ4n) is 2.57. The van der Waals surface area contributed by atoms with E-state index in [0.717, 1.165) is 19.3 Å². The van der Waals surface area contributed by atoms with Gasteiger partial charge in [0, 0.05) is 19.6 Å². The van der Waals surface area contributed by atoms with Gasteiger partial charge in [-0.3, -0.25) is 0 Å². The minimum atomic E-state index is -3.09. The zero-order chi connectivity index (χ0) is 12.5. The van der Waals surface area contributed by atoms with Gasteiger partial charge in [-0.25, -0.2) is 12.7 Å². The first-order valence-corrected chi connectivity index (χ1v) is 8.31. The molecule has 0 aromatic carbocycles. The molecule has 4 nitrogen and oxygen atoms in total. The van der Waals surface area contributed by atoms with Gasteiger partial charge in [0.05, 0.1) is 5.75 Å². The van der Waals surface area contributed by atoms with Gasteiger partial charge in [0.25, 0.3) is 0 Å². The van der Waals surface area contributed by atoms with Crippen LogP contribution < -0.4 is 5.73 Å². The first-order valence-electron chi connectivity index (χ1n) is 6.70. The maximum absolute atomic E-state index is 12.2. The minimum absolute atomic E-state index is 0. The Morgan fingerprint density at radius 1 is 1.28 bits per heavy atom. The van der Waals surface area contributed by atoms with Crippen LogP contribution in [0.15, 0.2) is 0 Å². The predicted molar refractivity (Wildman–Crippen MR) is 76.3 cm³/mol. The zero-order valence-corrected chi connectivity index (χ0v) is 12.7. The third-order valence-electron chi connectivity index (χ3n) is 4.32. The number of nitrogens with zero attached hydrogens (tertiary/aromatic N) is 1. The SMILES string of the molecule is CN(C(CN)C1CC1)S(=O)(=O)CCC1CCC1.Cl. The van der Waals surface area contributed by atoms with E-state index in [1.807, 2.05) is 0 Å². The molecule has 18 heavy (non-hydrogen) atoms. The normalized spacial score (nSPS) is 22.4. The summed E-state index contributed by atoms with van der Waals surface area (Å²) in [5.41, 5.74) is 5.70. The van der Waals surface area contributed by atoms with Crippen molar-refractivity contribution in [2.75, 3.05) is 19.3 Å². The highest BCUT2D eigenvalue weighted by Gasteiger charge is 2.37. The molecule has 1 atom stereocenters. The van der Waals surface area contributed by atoms with E-state index in [9.17, 15) is 8.42 Å². The number of likely N-dealkylation sites (N-methyl/N-ethyl adjacent to an activating group) is 1. The molecule has 0 aromatic rings. The van der Waals surface area contributed by atoms with Crippen LogP contribution >= 0.6 is 12.4 Å². The topological polar surface area (TPSA) is 63.4 Å². The lowest BCUT2D eigenvalue weighted by molar-refractivity contribution is 0.300. The van der Waals surface area contributed by atoms with E-state index in [1.54, 1.807) is 11.4 Å². The van der Waals surface area contributed by atoms with Crippen LogP contribution in [0.4, 0.5) is 0 Å². The second-order valence-corrected chi connectivity index (χ2v) is 7.71. The molecular weight excluding hydrogens is 272 g/mol. The van der Waals surface area contributed by atoms with Crippen LogP contribution in [0.25, 0.3) is 0 Å². The van der Waals surface area contributed by atoms with E-state index in [1.165, 1.54) is 19.3 Å². The van der Waals surface area contributed by atoms with Crippen molar-refractivity contribution in [1.29, 1.82) is 0 Å². The number of nitrogens with two attached hydrogens (primary N) is 1. The first-order chi connectivity index (χ1) is 8.04. The van der Waals surface area contributed by atoms with Gasteiger partial charge in [0.2, 0.25) is 10.0 Å². The molecule has 2 N–H and O–H groups in total. The molecule has 2 aliphatic rings. The van der Waals surface area contributed by atoms with Crippen molar-refractivity contribution in [3.05, 3.63) is 0 Å². The van der Waals surface area contributed by atoms with Crippen molar-refractivity contribution in [2.45, 2.75) is 44.6 Å². The first kappa shape index (κ1) is 16.2. The fraction of sp³-hybridized carbons (Fsp3) is 1.00. The van der Waals surface area contributed by atoms with Gasteiger partial charge in [-0.2, -0.15) is 0 Å². The highest BCUT2D eigenvalue weighted by atomic mass is 35.5. The largest absolute Gasteiger partial charge is 0.329 e. The zero-order valence-electron chi connectivity index (χ0n) is 11.0. The van der Waals surface area contributed by atoms with Crippen molar-refractivity contribution >= 4 is 22.4 Å². The van der Waals surface area contributed by atoms with Gasteiger partial charge < -0.3 is 5.73 Å². The number of sulfonamides is 1. The maximum atomic E-state index is 12.2. The molecule has 6 heteroatoms. The lowest BCUT2D eigenvalue weighted by Gasteiger charge is -2.29. The van der Waals surface area contributed by atoms with Crippen molar-refractivity contribution in [1.82, 2.24) is 4.31 Å². The van der Waals surface area contributed by atoms with E-state index in [0.29, 0.717) is 24.1 Å². The molecule has 108 valence electrons. The highest BCUT2D eigenvalue weighted by Crippen LogP contribution is 2.36. The molecule has 0 radical (unpaired) electrons. The van der Waals surface area contributed by atoms with E-state index in [2.05, 4.69) is 0 Å². The molecule has 2 rings (SSSR count). The third-order valence-corrected chi connectivity index (χ3v) is 6.22. The second-order valence-electron chi connectivity index (χ2n) is 5.56. The average molecular weight is 297 g/mol. The Hall–Kier alpha value is 0.160. The molecule has 2 aliphatic carbocycles. The lowest BCUT2D eigenvalue weighted by Crippen LogP contribution is -2.44. The Labute approximate surface area is 117 Å². The molecule has 2 saturated carbocycles. The van der Waals surface area contributed by atoms with Crippen LogP contribution in [0.1, 0.15) is 38.5 Å². The van der Waals surface area contributed by atoms with E-state index in [4.69, 9.17) is 5.73 Å². The summed E-state index contributed by atoms with van der Waals surface area (Å²) in [5.74, 6) is 1.45. The molecule has 1 unspecified atom stereocenters. The highest BCUT2D eigenvalue weighted by molar-refractivity contribution is 7.89. The summed E-state index contributed by atoms with van der Waals surface area (Å²) in [6.07, 6.45) is 6.78. The molecule has 0 heterocycles. The van der Waals surface area contributed by atoms with E-state index >= 15 is 0 Å². The molecule has 0 spiro atoms. The number of hydrogen-bond acceptors (Lipinski definition) is 3. The maximum Gasteiger partial charge on any atom is 0.214 e. The summed E-state index contributed by atoms with van der Waals surface area (Å²) in [6.45, 7) is 0.448. The third kappa shape index (κ3) is 3.83. The Morgan fingerprint density at radius 2 is 1.89 bits per heavy atom. The van der Waals surface area contributed by atoms with Gasteiger partial charge in [0.15, 0.2) is 0 Å². The fourth-order valence-corrected chi connectivity index (χ4v) is 4.16.